The lowest BCUT2D eigenvalue weighted by Gasteiger charge is -2.04. The number of hydrogen-bond donors (Lipinski definition) is 1. The first-order chi connectivity index (χ1) is 7.66. The van der Waals surface area contributed by atoms with Crippen LogP contribution in [0.2, 0.25) is 0 Å². The summed E-state index contributed by atoms with van der Waals surface area (Å²) in [6.07, 6.45) is 2.18. The highest BCUT2D eigenvalue weighted by Gasteiger charge is 2.27. The van der Waals surface area contributed by atoms with Gasteiger partial charge in [0.25, 0.3) is 0 Å². The highest BCUT2D eigenvalue weighted by molar-refractivity contribution is 7.91. The number of nitrogens with zero attached hydrogens (tertiary/aromatic N) is 1. The molecule has 6 heteroatoms. The van der Waals surface area contributed by atoms with Crippen molar-refractivity contribution in [3.8, 4) is 0 Å². The van der Waals surface area contributed by atoms with Crippen LogP contribution in [0.3, 0.4) is 0 Å². The summed E-state index contributed by atoms with van der Waals surface area (Å²) in [7, 11) is -2.84. The van der Waals surface area contributed by atoms with Crippen LogP contribution in [0.1, 0.15) is 18.5 Å². The molecule has 1 saturated carbocycles. The molecule has 1 N–H and O–H groups in total. The van der Waals surface area contributed by atoms with Crippen molar-refractivity contribution in [2.24, 2.45) is 5.92 Å². The molecule has 1 aromatic rings. The normalized spacial score (nSPS) is 16.5. The van der Waals surface area contributed by atoms with E-state index in [2.05, 4.69) is 10.3 Å². The van der Waals surface area contributed by atoms with Gasteiger partial charge in [0, 0.05) is 18.5 Å². The van der Waals surface area contributed by atoms with E-state index in [0.717, 1.165) is 18.5 Å². The number of thiazole rings is 1. The third kappa shape index (κ3) is 4.19. The van der Waals surface area contributed by atoms with Crippen molar-refractivity contribution < 1.29 is 8.42 Å². The molecule has 0 radical (unpaired) electrons. The Balaban J connectivity index is 1.63. The third-order valence-electron chi connectivity index (χ3n) is 2.57. The highest BCUT2D eigenvalue weighted by Crippen LogP contribution is 2.30. The Morgan fingerprint density at radius 2 is 2.31 bits per heavy atom. The topological polar surface area (TPSA) is 59.1 Å². The van der Waals surface area contributed by atoms with E-state index in [-0.39, 0.29) is 5.75 Å². The van der Waals surface area contributed by atoms with Crippen molar-refractivity contribution in [3.63, 3.8) is 0 Å². The van der Waals surface area contributed by atoms with Crippen LogP contribution in [0.4, 0.5) is 0 Å². The second-order valence-electron chi connectivity index (χ2n) is 4.21. The van der Waals surface area contributed by atoms with E-state index < -0.39 is 9.84 Å². The molecule has 1 aromatic heterocycles. The van der Waals surface area contributed by atoms with Crippen LogP contribution < -0.4 is 5.32 Å². The van der Waals surface area contributed by atoms with Gasteiger partial charge >= 0.3 is 0 Å². The van der Waals surface area contributed by atoms with Gasteiger partial charge in [-0.1, -0.05) is 0 Å². The molecule has 2 rings (SSSR count). The lowest BCUT2D eigenvalue weighted by Crippen LogP contribution is -2.24. The van der Waals surface area contributed by atoms with Gasteiger partial charge in [-0.15, -0.1) is 11.3 Å². The van der Waals surface area contributed by atoms with Gasteiger partial charge in [0.15, 0.2) is 9.84 Å². The summed E-state index contributed by atoms with van der Waals surface area (Å²) in [5, 5.41) is 5.07. The summed E-state index contributed by atoms with van der Waals surface area (Å²) in [5.74, 6) is 1.07. The fourth-order valence-electron chi connectivity index (χ4n) is 1.50. The Kier molecular flexibility index (Phi) is 3.94. The summed E-state index contributed by atoms with van der Waals surface area (Å²) in [4.78, 5) is 4.12. The SMILES string of the molecule is O=S(=O)(CCNCc1cscn1)CC1CC1. The van der Waals surface area contributed by atoms with Crippen molar-refractivity contribution in [2.45, 2.75) is 19.4 Å². The predicted molar refractivity (Wildman–Crippen MR) is 65.2 cm³/mol. The largest absolute Gasteiger partial charge is 0.310 e. The monoisotopic (exact) mass is 260 g/mol. The van der Waals surface area contributed by atoms with E-state index in [4.69, 9.17) is 0 Å². The van der Waals surface area contributed by atoms with Crippen molar-refractivity contribution in [3.05, 3.63) is 16.6 Å². The Morgan fingerprint density at radius 3 is 2.94 bits per heavy atom. The van der Waals surface area contributed by atoms with Gasteiger partial charge in [0.2, 0.25) is 0 Å². The maximum Gasteiger partial charge on any atom is 0.151 e. The zero-order chi connectivity index (χ0) is 11.4. The first-order valence-electron chi connectivity index (χ1n) is 5.44. The van der Waals surface area contributed by atoms with Gasteiger partial charge in [-0.25, -0.2) is 13.4 Å². The molecule has 0 amide bonds. The van der Waals surface area contributed by atoms with Crippen LogP contribution in [-0.4, -0.2) is 31.5 Å². The van der Waals surface area contributed by atoms with E-state index in [1.54, 1.807) is 16.8 Å². The molecular formula is C10H16N2O2S2. The van der Waals surface area contributed by atoms with Crippen LogP contribution in [-0.2, 0) is 16.4 Å². The second-order valence-corrected chi connectivity index (χ2v) is 7.16. The minimum absolute atomic E-state index is 0.244. The Hall–Kier alpha value is -0.460. The molecule has 90 valence electrons. The molecule has 0 aromatic carbocycles. The van der Waals surface area contributed by atoms with Gasteiger partial charge in [0.05, 0.1) is 22.7 Å². The fraction of sp³-hybridized carbons (Fsp3) is 0.700. The summed E-state index contributed by atoms with van der Waals surface area (Å²) in [6, 6.07) is 0. The summed E-state index contributed by atoms with van der Waals surface area (Å²) >= 11 is 1.55. The predicted octanol–water partition coefficient (Wildman–Crippen LogP) is 1.06. The molecule has 0 atom stereocenters. The maximum absolute atomic E-state index is 11.6. The number of aromatic nitrogens is 1. The lowest BCUT2D eigenvalue weighted by molar-refractivity contribution is 0.586. The molecule has 1 aliphatic rings. The van der Waals surface area contributed by atoms with Crippen molar-refractivity contribution in [2.75, 3.05) is 18.1 Å². The fourth-order valence-corrected chi connectivity index (χ4v) is 3.73. The zero-order valence-corrected chi connectivity index (χ0v) is 10.7. The van der Waals surface area contributed by atoms with Crippen LogP contribution in [0.15, 0.2) is 10.9 Å². The van der Waals surface area contributed by atoms with Crippen LogP contribution in [0, 0.1) is 5.92 Å². The molecule has 0 saturated heterocycles. The number of sulfone groups is 1. The molecule has 0 unspecified atom stereocenters. The second kappa shape index (κ2) is 5.25. The van der Waals surface area contributed by atoms with Gasteiger partial charge < -0.3 is 5.32 Å². The molecular weight excluding hydrogens is 244 g/mol. The molecule has 1 heterocycles. The highest BCUT2D eigenvalue weighted by atomic mass is 32.2. The molecule has 16 heavy (non-hydrogen) atoms. The third-order valence-corrected chi connectivity index (χ3v) is 5.01. The average molecular weight is 260 g/mol. The van der Waals surface area contributed by atoms with Crippen molar-refractivity contribution >= 4 is 21.2 Å². The summed E-state index contributed by atoms with van der Waals surface area (Å²) in [5.41, 5.74) is 2.76. The van der Waals surface area contributed by atoms with Crippen LogP contribution >= 0.6 is 11.3 Å². The maximum atomic E-state index is 11.6. The quantitative estimate of drug-likeness (QED) is 0.745. The zero-order valence-electron chi connectivity index (χ0n) is 9.05. The molecule has 0 spiro atoms. The van der Waals surface area contributed by atoms with E-state index >= 15 is 0 Å². The van der Waals surface area contributed by atoms with Gasteiger partial charge in [0.1, 0.15) is 0 Å². The number of rotatable bonds is 7. The van der Waals surface area contributed by atoms with Crippen LogP contribution in [0.25, 0.3) is 0 Å². The molecule has 1 fully saturated rings. The summed E-state index contributed by atoms with van der Waals surface area (Å²) in [6.45, 7) is 1.18. The molecule has 4 nitrogen and oxygen atoms in total. The number of nitrogens with one attached hydrogen (secondary N) is 1. The standard InChI is InChI=1S/C10H16N2O2S2/c13-16(14,7-9-1-2-9)4-3-11-5-10-6-15-8-12-10/h6,8-9,11H,1-5,7H2. The number of hydrogen-bond acceptors (Lipinski definition) is 5. The Morgan fingerprint density at radius 1 is 1.50 bits per heavy atom. The molecule has 0 aliphatic heterocycles. The van der Waals surface area contributed by atoms with E-state index in [9.17, 15) is 8.42 Å². The first-order valence-corrected chi connectivity index (χ1v) is 8.20. The summed E-state index contributed by atoms with van der Waals surface area (Å²) < 4.78 is 23.2. The van der Waals surface area contributed by atoms with E-state index in [1.165, 1.54) is 0 Å². The average Bonchev–Trinajstić information content (AvgIpc) is 2.86. The minimum atomic E-state index is -2.84. The van der Waals surface area contributed by atoms with Gasteiger partial charge in [-0.2, -0.15) is 0 Å². The Bertz CT molecular complexity index is 410. The minimum Gasteiger partial charge on any atom is -0.310 e. The molecule has 1 aliphatic carbocycles. The molecule has 0 bridgehead atoms. The van der Waals surface area contributed by atoms with Gasteiger partial charge in [-0.05, 0) is 18.8 Å². The van der Waals surface area contributed by atoms with E-state index in [0.29, 0.717) is 24.8 Å². The lowest BCUT2D eigenvalue weighted by atomic mass is 10.5. The van der Waals surface area contributed by atoms with Crippen molar-refractivity contribution in [1.82, 2.24) is 10.3 Å². The Labute approximate surface area is 100 Å². The van der Waals surface area contributed by atoms with E-state index in [1.807, 2.05) is 5.38 Å². The van der Waals surface area contributed by atoms with Crippen molar-refractivity contribution in [1.29, 1.82) is 0 Å². The van der Waals surface area contributed by atoms with Gasteiger partial charge in [-0.3, -0.25) is 0 Å². The van der Waals surface area contributed by atoms with Crippen LogP contribution in [0.5, 0.6) is 0 Å². The first kappa shape index (κ1) is 12.0. The smallest absolute Gasteiger partial charge is 0.151 e.